The Morgan fingerprint density at radius 3 is 2.22 bits per heavy atom. The van der Waals surface area contributed by atoms with Crippen LogP contribution in [0.5, 0.6) is 11.5 Å². The molecule has 0 saturated carbocycles. The number of rotatable bonds is 4. The van der Waals surface area contributed by atoms with E-state index in [2.05, 4.69) is 18.7 Å². The van der Waals surface area contributed by atoms with Gasteiger partial charge in [0.2, 0.25) is 5.91 Å². The molecule has 1 heterocycles. The smallest absolute Gasteiger partial charge is 0.247 e. The van der Waals surface area contributed by atoms with Gasteiger partial charge in [-0.1, -0.05) is 0 Å². The molecule has 1 saturated heterocycles. The van der Waals surface area contributed by atoms with Crippen LogP contribution in [-0.2, 0) is 11.2 Å². The molecule has 0 radical (unpaired) electrons. The highest BCUT2D eigenvalue weighted by atomic mass is 35.5. The van der Waals surface area contributed by atoms with E-state index in [-0.39, 0.29) is 24.1 Å². The molecule has 1 aliphatic carbocycles. The van der Waals surface area contributed by atoms with Crippen molar-refractivity contribution in [2.75, 3.05) is 40.4 Å². The molecule has 0 aromatic heterocycles. The number of methoxy groups -OCH3 is 2. The van der Waals surface area contributed by atoms with Crippen molar-refractivity contribution in [3.05, 3.63) is 34.9 Å². The number of ether oxygens (including phenoxy) is 2. The van der Waals surface area contributed by atoms with E-state index in [4.69, 9.17) is 9.47 Å². The van der Waals surface area contributed by atoms with Crippen LogP contribution in [0.1, 0.15) is 29.8 Å². The molecule has 1 aliphatic heterocycles. The molecular weight excluding hydrogens is 368 g/mol. The van der Waals surface area contributed by atoms with E-state index in [1.807, 2.05) is 11.0 Å². The van der Waals surface area contributed by atoms with E-state index in [1.165, 1.54) is 6.08 Å². The lowest BCUT2D eigenvalue weighted by molar-refractivity contribution is -0.128. The highest BCUT2D eigenvalue weighted by Gasteiger charge is 2.29. The summed E-state index contributed by atoms with van der Waals surface area (Å²) in [5.74, 6) is 0.937. The summed E-state index contributed by atoms with van der Waals surface area (Å²) in [5.41, 5.74) is 1.99. The minimum absolute atomic E-state index is 0. The second-order valence-corrected chi connectivity index (χ2v) is 6.99. The van der Waals surface area contributed by atoms with E-state index >= 15 is 0 Å². The number of fused-ring (bicyclic) bond motifs is 1. The van der Waals surface area contributed by atoms with Crippen molar-refractivity contribution in [3.63, 3.8) is 0 Å². The first-order valence-electron chi connectivity index (χ1n) is 8.97. The summed E-state index contributed by atoms with van der Waals surface area (Å²) < 4.78 is 10.6. The Kier molecular flexibility index (Phi) is 6.89. The Bertz CT molecular complexity index is 753. The number of allylic oxidation sites excluding steroid dienone is 1. The van der Waals surface area contributed by atoms with Gasteiger partial charge in [0.15, 0.2) is 17.3 Å². The molecule has 0 N–H and O–H groups in total. The lowest BCUT2D eigenvalue weighted by atomic mass is 10.1. The number of nitrogens with zero attached hydrogens (tertiary/aromatic N) is 2. The fourth-order valence-corrected chi connectivity index (χ4v) is 3.55. The second kappa shape index (κ2) is 8.76. The first kappa shape index (κ1) is 21.3. The number of carbonyl (C=O) groups excluding carboxylic acids is 2. The maximum absolute atomic E-state index is 12.7. The van der Waals surface area contributed by atoms with Gasteiger partial charge in [0.1, 0.15) is 0 Å². The number of piperazine rings is 1. The number of carbonyl (C=O) groups is 2. The Balaban J connectivity index is 0.00000261. The Hall–Kier alpha value is -2.05. The van der Waals surface area contributed by atoms with Crippen molar-refractivity contribution >= 4 is 24.1 Å². The third-order valence-corrected chi connectivity index (χ3v) is 5.18. The standard InChI is InChI=1S/C20H26N2O4.ClH/c1-13(2)21-5-7-22(8-6-21)19(23)11-15-9-14-10-17(25-3)18(26-4)12-16(14)20(15)24;/h10-13H,5-9H2,1-4H3;1H. The van der Waals surface area contributed by atoms with Crippen LogP contribution in [0.2, 0.25) is 0 Å². The van der Waals surface area contributed by atoms with Gasteiger partial charge in [-0.05, 0) is 31.5 Å². The topological polar surface area (TPSA) is 59.1 Å². The highest BCUT2D eigenvalue weighted by molar-refractivity contribution is 6.16. The van der Waals surface area contributed by atoms with Crippen LogP contribution in [0.3, 0.4) is 0 Å². The minimum atomic E-state index is -0.102. The van der Waals surface area contributed by atoms with E-state index < -0.39 is 0 Å². The summed E-state index contributed by atoms with van der Waals surface area (Å²) in [4.78, 5) is 29.5. The number of halogens is 1. The van der Waals surface area contributed by atoms with E-state index in [1.54, 1.807) is 20.3 Å². The zero-order valence-electron chi connectivity index (χ0n) is 16.3. The van der Waals surface area contributed by atoms with Crippen LogP contribution >= 0.6 is 12.4 Å². The fourth-order valence-electron chi connectivity index (χ4n) is 3.55. The van der Waals surface area contributed by atoms with E-state index in [9.17, 15) is 9.59 Å². The van der Waals surface area contributed by atoms with Crippen molar-refractivity contribution in [2.45, 2.75) is 26.3 Å². The number of Topliss-reactive ketones (excluding diaryl/α,β-unsaturated/α-hetero) is 1. The number of benzene rings is 1. The first-order valence-corrected chi connectivity index (χ1v) is 8.97. The molecule has 1 aromatic carbocycles. The maximum Gasteiger partial charge on any atom is 0.247 e. The number of amides is 1. The third kappa shape index (κ3) is 4.28. The summed E-state index contributed by atoms with van der Waals surface area (Å²) in [5, 5.41) is 0. The van der Waals surface area contributed by atoms with Gasteiger partial charge >= 0.3 is 0 Å². The predicted octanol–water partition coefficient (Wildman–Crippen LogP) is 2.34. The van der Waals surface area contributed by atoms with Gasteiger partial charge < -0.3 is 14.4 Å². The van der Waals surface area contributed by atoms with Crippen LogP contribution in [0.25, 0.3) is 0 Å². The van der Waals surface area contributed by atoms with Crippen molar-refractivity contribution < 1.29 is 19.1 Å². The van der Waals surface area contributed by atoms with E-state index in [0.717, 1.165) is 18.7 Å². The van der Waals surface area contributed by atoms with Crippen molar-refractivity contribution in [2.24, 2.45) is 0 Å². The molecule has 148 valence electrons. The Morgan fingerprint density at radius 1 is 1.07 bits per heavy atom. The normalized spacial score (nSPS) is 18.5. The van der Waals surface area contributed by atoms with Crippen molar-refractivity contribution in [3.8, 4) is 11.5 Å². The molecular formula is C20H27ClN2O4. The average Bonchev–Trinajstić information content (AvgIpc) is 2.95. The predicted molar refractivity (Wildman–Crippen MR) is 106 cm³/mol. The van der Waals surface area contributed by atoms with Crippen molar-refractivity contribution in [1.82, 2.24) is 9.80 Å². The minimum Gasteiger partial charge on any atom is -0.493 e. The van der Waals surface area contributed by atoms with Gasteiger partial charge in [-0.3, -0.25) is 14.5 Å². The zero-order valence-corrected chi connectivity index (χ0v) is 17.1. The van der Waals surface area contributed by atoms with Crippen LogP contribution in [-0.4, -0.2) is 67.9 Å². The van der Waals surface area contributed by atoms with Crippen LogP contribution in [0.4, 0.5) is 0 Å². The number of hydrogen-bond donors (Lipinski definition) is 0. The SMILES string of the molecule is COc1cc2c(cc1OC)C(=O)C(=CC(=O)N1CCN(C(C)C)CC1)C2.Cl. The summed E-state index contributed by atoms with van der Waals surface area (Å²) >= 11 is 0. The molecule has 0 bridgehead atoms. The molecule has 2 aliphatic rings. The zero-order chi connectivity index (χ0) is 18.8. The summed E-state index contributed by atoms with van der Waals surface area (Å²) in [6, 6.07) is 4.00. The van der Waals surface area contributed by atoms with Gasteiger partial charge in [-0.2, -0.15) is 0 Å². The highest BCUT2D eigenvalue weighted by Crippen LogP contribution is 2.36. The Labute approximate surface area is 166 Å². The largest absolute Gasteiger partial charge is 0.493 e. The second-order valence-electron chi connectivity index (χ2n) is 6.99. The summed E-state index contributed by atoms with van der Waals surface area (Å²) in [6.45, 7) is 7.46. The quantitative estimate of drug-likeness (QED) is 0.733. The van der Waals surface area contributed by atoms with Gasteiger partial charge in [-0.15, -0.1) is 12.4 Å². The molecule has 0 spiro atoms. The lowest BCUT2D eigenvalue weighted by Crippen LogP contribution is -2.50. The fraction of sp³-hybridized carbons (Fsp3) is 0.500. The summed E-state index contributed by atoms with van der Waals surface area (Å²) in [6.07, 6.45) is 1.96. The first-order chi connectivity index (χ1) is 12.4. The van der Waals surface area contributed by atoms with Gasteiger partial charge in [0.25, 0.3) is 0 Å². The number of ketones is 1. The molecule has 0 unspecified atom stereocenters. The Morgan fingerprint density at radius 2 is 1.67 bits per heavy atom. The molecule has 3 rings (SSSR count). The molecule has 7 heteroatoms. The number of hydrogen-bond acceptors (Lipinski definition) is 5. The van der Waals surface area contributed by atoms with Crippen LogP contribution < -0.4 is 9.47 Å². The molecule has 1 amide bonds. The van der Waals surface area contributed by atoms with Crippen LogP contribution in [0.15, 0.2) is 23.8 Å². The molecule has 6 nitrogen and oxygen atoms in total. The molecule has 1 fully saturated rings. The monoisotopic (exact) mass is 394 g/mol. The lowest BCUT2D eigenvalue weighted by Gasteiger charge is -2.36. The van der Waals surface area contributed by atoms with Gasteiger partial charge in [0.05, 0.1) is 14.2 Å². The maximum atomic E-state index is 12.7. The van der Waals surface area contributed by atoms with Gasteiger partial charge in [-0.25, -0.2) is 0 Å². The average molecular weight is 395 g/mol. The van der Waals surface area contributed by atoms with Gasteiger partial charge in [0, 0.05) is 55.9 Å². The van der Waals surface area contributed by atoms with Crippen LogP contribution in [0, 0.1) is 0 Å². The molecule has 0 atom stereocenters. The third-order valence-electron chi connectivity index (χ3n) is 5.18. The van der Waals surface area contributed by atoms with Crippen molar-refractivity contribution in [1.29, 1.82) is 0 Å². The molecule has 1 aromatic rings. The van der Waals surface area contributed by atoms with E-state index in [0.29, 0.717) is 48.2 Å². The summed E-state index contributed by atoms with van der Waals surface area (Å²) in [7, 11) is 3.11. The molecule has 27 heavy (non-hydrogen) atoms.